The van der Waals surface area contributed by atoms with Crippen LogP contribution in [0, 0.1) is 0 Å². The SMILES string of the molecule is CC(=O)c1cccc(NC(=O)C(C)Nc2ccc(Cl)cc2)c1. The summed E-state index contributed by atoms with van der Waals surface area (Å²) >= 11 is 5.82. The Morgan fingerprint density at radius 3 is 2.36 bits per heavy atom. The van der Waals surface area contributed by atoms with Crippen LogP contribution >= 0.6 is 11.6 Å². The molecule has 22 heavy (non-hydrogen) atoms. The molecule has 0 aliphatic rings. The lowest BCUT2D eigenvalue weighted by atomic mass is 10.1. The van der Waals surface area contributed by atoms with Gasteiger partial charge in [0.05, 0.1) is 0 Å². The van der Waals surface area contributed by atoms with Crippen LogP contribution < -0.4 is 10.6 Å². The van der Waals surface area contributed by atoms with Gasteiger partial charge in [-0.15, -0.1) is 0 Å². The second kappa shape index (κ2) is 7.09. The molecule has 114 valence electrons. The summed E-state index contributed by atoms with van der Waals surface area (Å²) in [6.07, 6.45) is 0. The van der Waals surface area contributed by atoms with Crippen LogP contribution in [0.1, 0.15) is 24.2 Å². The summed E-state index contributed by atoms with van der Waals surface area (Å²) in [6.45, 7) is 3.25. The first-order valence-corrected chi connectivity index (χ1v) is 7.27. The van der Waals surface area contributed by atoms with E-state index in [4.69, 9.17) is 11.6 Å². The van der Waals surface area contributed by atoms with Crippen LogP contribution in [-0.2, 0) is 4.79 Å². The molecule has 0 radical (unpaired) electrons. The number of anilines is 2. The Balaban J connectivity index is 2.00. The van der Waals surface area contributed by atoms with Gasteiger partial charge in [0.15, 0.2) is 5.78 Å². The minimum absolute atomic E-state index is 0.0385. The van der Waals surface area contributed by atoms with Gasteiger partial charge in [0.2, 0.25) is 5.91 Å². The summed E-state index contributed by atoms with van der Waals surface area (Å²) in [5.74, 6) is -0.223. The van der Waals surface area contributed by atoms with Crippen molar-refractivity contribution in [3.8, 4) is 0 Å². The van der Waals surface area contributed by atoms with Crippen molar-refractivity contribution in [2.24, 2.45) is 0 Å². The van der Waals surface area contributed by atoms with E-state index in [9.17, 15) is 9.59 Å². The molecule has 0 aliphatic carbocycles. The van der Waals surface area contributed by atoms with E-state index in [1.807, 2.05) is 12.1 Å². The van der Waals surface area contributed by atoms with Crippen LogP contribution in [0.15, 0.2) is 48.5 Å². The third kappa shape index (κ3) is 4.33. The summed E-state index contributed by atoms with van der Waals surface area (Å²) in [6, 6.07) is 13.6. The van der Waals surface area contributed by atoms with E-state index in [2.05, 4.69) is 10.6 Å². The highest BCUT2D eigenvalue weighted by Gasteiger charge is 2.13. The Morgan fingerprint density at radius 1 is 1.05 bits per heavy atom. The maximum absolute atomic E-state index is 12.2. The Morgan fingerprint density at radius 2 is 1.73 bits per heavy atom. The molecule has 2 N–H and O–H groups in total. The van der Waals surface area contributed by atoms with Gasteiger partial charge in [0.1, 0.15) is 6.04 Å². The Hall–Kier alpha value is -2.33. The number of carbonyl (C=O) groups is 2. The van der Waals surface area contributed by atoms with E-state index in [1.54, 1.807) is 43.3 Å². The van der Waals surface area contributed by atoms with Gasteiger partial charge in [0.25, 0.3) is 0 Å². The number of rotatable bonds is 5. The van der Waals surface area contributed by atoms with E-state index >= 15 is 0 Å². The molecule has 2 aromatic rings. The molecule has 0 aliphatic heterocycles. The zero-order chi connectivity index (χ0) is 16.1. The normalized spacial score (nSPS) is 11.6. The highest BCUT2D eigenvalue weighted by Crippen LogP contribution is 2.15. The first-order valence-electron chi connectivity index (χ1n) is 6.89. The predicted octanol–water partition coefficient (Wildman–Crippen LogP) is 3.98. The monoisotopic (exact) mass is 316 g/mol. The number of Topliss-reactive ketones (excluding diaryl/α,β-unsaturated/α-hetero) is 1. The van der Waals surface area contributed by atoms with E-state index in [1.165, 1.54) is 6.92 Å². The number of amides is 1. The minimum atomic E-state index is -0.429. The highest BCUT2D eigenvalue weighted by atomic mass is 35.5. The number of nitrogens with one attached hydrogen (secondary N) is 2. The fraction of sp³-hybridized carbons (Fsp3) is 0.176. The van der Waals surface area contributed by atoms with Gasteiger partial charge in [-0.1, -0.05) is 23.7 Å². The van der Waals surface area contributed by atoms with Crippen molar-refractivity contribution < 1.29 is 9.59 Å². The van der Waals surface area contributed by atoms with Crippen LogP contribution in [0.25, 0.3) is 0 Å². The molecule has 1 atom stereocenters. The van der Waals surface area contributed by atoms with Gasteiger partial charge in [-0.3, -0.25) is 9.59 Å². The Bertz CT molecular complexity index is 683. The summed E-state index contributed by atoms with van der Waals surface area (Å²) in [5.41, 5.74) is 1.98. The van der Waals surface area contributed by atoms with Crippen molar-refractivity contribution in [1.82, 2.24) is 0 Å². The maximum Gasteiger partial charge on any atom is 0.246 e. The lowest BCUT2D eigenvalue weighted by molar-refractivity contribution is -0.116. The van der Waals surface area contributed by atoms with E-state index in [0.29, 0.717) is 16.3 Å². The van der Waals surface area contributed by atoms with Crippen LogP contribution in [0.4, 0.5) is 11.4 Å². The molecule has 0 saturated carbocycles. The zero-order valence-electron chi connectivity index (χ0n) is 12.4. The van der Waals surface area contributed by atoms with Gasteiger partial charge >= 0.3 is 0 Å². The topological polar surface area (TPSA) is 58.2 Å². The van der Waals surface area contributed by atoms with Gasteiger partial charge < -0.3 is 10.6 Å². The molecule has 2 rings (SSSR count). The van der Waals surface area contributed by atoms with Crippen molar-refractivity contribution in [2.75, 3.05) is 10.6 Å². The molecule has 5 heteroatoms. The van der Waals surface area contributed by atoms with Crippen LogP contribution in [0.2, 0.25) is 5.02 Å². The molecular weight excluding hydrogens is 300 g/mol. The molecule has 1 unspecified atom stereocenters. The second-order valence-electron chi connectivity index (χ2n) is 5.00. The number of hydrogen-bond acceptors (Lipinski definition) is 3. The van der Waals surface area contributed by atoms with Gasteiger partial charge in [-0.25, -0.2) is 0 Å². The highest BCUT2D eigenvalue weighted by molar-refractivity contribution is 6.30. The minimum Gasteiger partial charge on any atom is -0.374 e. The second-order valence-corrected chi connectivity index (χ2v) is 5.44. The maximum atomic E-state index is 12.2. The molecule has 2 aromatic carbocycles. The van der Waals surface area contributed by atoms with Crippen LogP contribution in [-0.4, -0.2) is 17.7 Å². The average Bonchev–Trinajstić information content (AvgIpc) is 2.49. The van der Waals surface area contributed by atoms with Crippen LogP contribution in [0.3, 0.4) is 0 Å². The van der Waals surface area contributed by atoms with Crippen molar-refractivity contribution in [1.29, 1.82) is 0 Å². The molecule has 0 bridgehead atoms. The quantitative estimate of drug-likeness (QED) is 0.820. The number of ketones is 1. The first kappa shape index (κ1) is 16.0. The van der Waals surface area contributed by atoms with Crippen molar-refractivity contribution in [3.63, 3.8) is 0 Å². The average molecular weight is 317 g/mol. The fourth-order valence-electron chi connectivity index (χ4n) is 1.93. The smallest absolute Gasteiger partial charge is 0.246 e. The molecule has 0 aromatic heterocycles. The molecule has 0 spiro atoms. The lowest BCUT2D eigenvalue weighted by Gasteiger charge is -2.15. The standard InChI is InChI=1S/C17H17ClN2O2/c1-11(19-15-8-6-14(18)7-9-15)17(22)20-16-5-3-4-13(10-16)12(2)21/h3-11,19H,1-2H3,(H,20,22). The van der Waals surface area contributed by atoms with Crippen molar-refractivity contribution in [2.45, 2.75) is 19.9 Å². The van der Waals surface area contributed by atoms with E-state index in [0.717, 1.165) is 5.69 Å². The third-order valence-corrected chi connectivity index (χ3v) is 3.41. The first-order chi connectivity index (χ1) is 10.5. The number of hydrogen-bond donors (Lipinski definition) is 2. The molecule has 1 amide bonds. The van der Waals surface area contributed by atoms with E-state index < -0.39 is 6.04 Å². The predicted molar refractivity (Wildman–Crippen MR) is 89.6 cm³/mol. The number of carbonyl (C=O) groups excluding carboxylic acids is 2. The van der Waals surface area contributed by atoms with Gasteiger partial charge in [-0.05, 0) is 50.2 Å². The summed E-state index contributed by atoms with van der Waals surface area (Å²) in [5, 5.41) is 6.52. The molecule has 0 heterocycles. The number of benzene rings is 2. The largest absolute Gasteiger partial charge is 0.374 e. The fourth-order valence-corrected chi connectivity index (χ4v) is 2.05. The van der Waals surface area contributed by atoms with E-state index in [-0.39, 0.29) is 11.7 Å². The van der Waals surface area contributed by atoms with Gasteiger partial charge in [-0.2, -0.15) is 0 Å². The Kier molecular flexibility index (Phi) is 5.17. The van der Waals surface area contributed by atoms with Crippen molar-refractivity contribution >= 4 is 34.7 Å². The zero-order valence-corrected chi connectivity index (χ0v) is 13.1. The number of halogens is 1. The molecule has 4 nitrogen and oxygen atoms in total. The van der Waals surface area contributed by atoms with Gasteiger partial charge in [0, 0.05) is 22.0 Å². The molecule has 0 fully saturated rings. The summed E-state index contributed by atoms with van der Waals surface area (Å²) < 4.78 is 0. The summed E-state index contributed by atoms with van der Waals surface area (Å²) in [7, 11) is 0. The van der Waals surface area contributed by atoms with Crippen molar-refractivity contribution in [3.05, 3.63) is 59.1 Å². The lowest BCUT2D eigenvalue weighted by Crippen LogP contribution is -2.31. The molecule has 0 saturated heterocycles. The third-order valence-electron chi connectivity index (χ3n) is 3.16. The summed E-state index contributed by atoms with van der Waals surface area (Å²) in [4.78, 5) is 23.5. The van der Waals surface area contributed by atoms with Crippen LogP contribution in [0.5, 0.6) is 0 Å². The Labute approximate surface area is 134 Å². The molecular formula is C17H17ClN2O2.